The lowest BCUT2D eigenvalue weighted by Crippen LogP contribution is -2.27. The molecule has 0 N–H and O–H groups in total. The van der Waals surface area contributed by atoms with Crippen LogP contribution in [0.2, 0.25) is 0 Å². The van der Waals surface area contributed by atoms with E-state index in [1.807, 2.05) is 0 Å². The van der Waals surface area contributed by atoms with E-state index in [2.05, 4.69) is 4.74 Å². The third kappa shape index (κ3) is 5.24. The lowest BCUT2D eigenvalue weighted by molar-refractivity contribution is -0.0498. The van der Waals surface area contributed by atoms with Crippen LogP contribution in [0.3, 0.4) is 0 Å². The molecule has 0 spiro atoms. The summed E-state index contributed by atoms with van der Waals surface area (Å²) < 4.78 is 54.1. The van der Waals surface area contributed by atoms with Crippen LogP contribution in [-0.2, 0) is 16.6 Å². The van der Waals surface area contributed by atoms with Crippen LogP contribution in [0.1, 0.15) is 15.9 Å². The molecule has 0 saturated carbocycles. The molecule has 2 aromatic rings. The van der Waals surface area contributed by atoms with E-state index in [4.69, 9.17) is 0 Å². The number of ether oxygens (including phenoxy) is 1. The molecule has 146 valence electrons. The van der Waals surface area contributed by atoms with Crippen molar-refractivity contribution >= 4 is 15.9 Å². The normalized spacial score (nSPS) is 11.7. The second-order valence-electron chi connectivity index (χ2n) is 6.00. The summed E-state index contributed by atoms with van der Waals surface area (Å²) in [5.74, 6) is -0.331. The van der Waals surface area contributed by atoms with Crippen LogP contribution in [0.15, 0.2) is 53.4 Å². The van der Waals surface area contributed by atoms with Crippen molar-refractivity contribution in [1.29, 1.82) is 0 Å². The van der Waals surface area contributed by atoms with Gasteiger partial charge in [0.1, 0.15) is 5.75 Å². The maximum atomic E-state index is 12.6. The van der Waals surface area contributed by atoms with Crippen molar-refractivity contribution in [2.24, 2.45) is 0 Å². The summed E-state index contributed by atoms with van der Waals surface area (Å²) in [5, 5.41) is 0. The fourth-order valence-corrected chi connectivity index (χ4v) is 3.29. The van der Waals surface area contributed by atoms with Gasteiger partial charge in [-0.15, -0.1) is 0 Å². The summed E-state index contributed by atoms with van der Waals surface area (Å²) in [4.78, 5) is 14.0. The van der Waals surface area contributed by atoms with E-state index in [0.29, 0.717) is 5.56 Å². The quantitative estimate of drug-likeness (QED) is 0.719. The summed E-state index contributed by atoms with van der Waals surface area (Å²) >= 11 is 0. The molecule has 0 aliphatic carbocycles. The zero-order chi connectivity index (χ0) is 20.2. The van der Waals surface area contributed by atoms with Gasteiger partial charge in [-0.3, -0.25) is 4.79 Å². The number of hydrogen-bond acceptors (Lipinski definition) is 4. The van der Waals surface area contributed by atoms with E-state index >= 15 is 0 Å². The Kier molecular flexibility index (Phi) is 6.50. The molecule has 0 fully saturated rings. The molecular weight excluding hydrogens is 378 g/mol. The monoisotopic (exact) mass is 398 g/mol. The van der Waals surface area contributed by atoms with Crippen LogP contribution >= 0.6 is 0 Å². The van der Waals surface area contributed by atoms with Crippen LogP contribution in [0, 0.1) is 0 Å². The van der Waals surface area contributed by atoms with Crippen molar-refractivity contribution in [3.05, 3.63) is 59.7 Å². The summed E-state index contributed by atoms with van der Waals surface area (Å²) in [7, 11) is 0.752. The van der Waals surface area contributed by atoms with Crippen molar-refractivity contribution in [2.45, 2.75) is 18.1 Å². The molecule has 2 aromatic carbocycles. The maximum absolute atomic E-state index is 12.6. The van der Waals surface area contributed by atoms with Crippen molar-refractivity contribution < 1.29 is 26.7 Å². The minimum atomic E-state index is -3.64. The number of alkyl halides is 2. The Bertz CT molecular complexity index is 900. The van der Waals surface area contributed by atoms with Crippen LogP contribution in [0.25, 0.3) is 0 Å². The number of rotatable bonds is 7. The highest BCUT2D eigenvalue weighted by molar-refractivity contribution is 7.89. The molecule has 0 aliphatic heterocycles. The Hall–Kier alpha value is -2.52. The number of amides is 1. The van der Waals surface area contributed by atoms with Gasteiger partial charge < -0.3 is 9.64 Å². The average Bonchev–Trinajstić information content (AvgIpc) is 2.62. The Labute approximate surface area is 157 Å². The molecule has 0 radical (unpaired) electrons. The molecule has 0 saturated heterocycles. The Balaban J connectivity index is 2.13. The van der Waals surface area contributed by atoms with E-state index in [-0.39, 0.29) is 28.7 Å². The fourth-order valence-electron chi connectivity index (χ4n) is 2.34. The Morgan fingerprint density at radius 3 is 2.26 bits per heavy atom. The Morgan fingerprint density at radius 2 is 1.70 bits per heavy atom. The fraction of sp³-hybridized carbons (Fsp3) is 0.278. The molecule has 2 rings (SSSR count). The predicted molar refractivity (Wildman–Crippen MR) is 96.2 cm³/mol. The topological polar surface area (TPSA) is 66.9 Å². The largest absolute Gasteiger partial charge is 0.435 e. The van der Waals surface area contributed by atoms with Gasteiger partial charge in [-0.25, -0.2) is 12.7 Å². The molecule has 0 heterocycles. The molecule has 0 aliphatic rings. The van der Waals surface area contributed by atoms with E-state index in [1.54, 1.807) is 19.2 Å². The molecule has 27 heavy (non-hydrogen) atoms. The van der Waals surface area contributed by atoms with Crippen LogP contribution < -0.4 is 4.74 Å². The highest BCUT2D eigenvalue weighted by Gasteiger charge is 2.20. The molecular formula is C18H20F2N2O4S. The zero-order valence-electron chi connectivity index (χ0n) is 15.1. The third-order valence-corrected chi connectivity index (χ3v) is 5.59. The third-order valence-electron chi connectivity index (χ3n) is 3.77. The second-order valence-corrected chi connectivity index (χ2v) is 8.15. The Morgan fingerprint density at radius 1 is 1.07 bits per heavy atom. The first-order valence-electron chi connectivity index (χ1n) is 7.93. The molecule has 1 amide bonds. The van der Waals surface area contributed by atoms with E-state index in [9.17, 15) is 22.0 Å². The number of carbonyl (C=O) groups excluding carboxylic acids is 1. The van der Waals surface area contributed by atoms with Gasteiger partial charge in [-0.05, 0) is 35.9 Å². The van der Waals surface area contributed by atoms with Gasteiger partial charge >= 0.3 is 6.61 Å². The predicted octanol–water partition coefficient (Wildman–Crippen LogP) is 2.81. The minimum Gasteiger partial charge on any atom is -0.435 e. The number of carbonyl (C=O) groups is 1. The molecule has 0 aromatic heterocycles. The van der Waals surface area contributed by atoms with E-state index in [0.717, 1.165) is 4.31 Å². The highest BCUT2D eigenvalue weighted by atomic mass is 32.2. The summed E-state index contributed by atoms with van der Waals surface area (Å²) in [6.07, 6.45) is 0. The highest BCUT2D eigenvalue weighted by Crippen LogP contribution is 2.18. The van der Waals surface area contributed by atoms with Crippen molar-refractivity contribution in [1.82, 2.24) is 9.21 Å². The summed E-state index contributed by atoms with van der Waals surface area (Å²) in [5.41, 5.74) is 0.947. The summed E-state index contributed by atoms with van der Waals surface area (Å²) in [6, 6.07) is 11.7. The average molecular weight is 398 g/mol. The second kappa shape index (κ2) is 8.45. The van der Waals surface area contributed by atoms with E-state index in [1.165, 1.54) is 55.4 Å². The van der Waals surface area contributed by atoms with Gasteiger partial charge in [0.2, 0.25) is 10.0 Å². The first kappa shape index (κ1) is 20.8. The lowest BCUT2D eigenvalue weighted by Gasteiger charge is -2.18. The van der Waals surface area contributed by atoms with Gasteiger partial charge in [-0.1, -0.05) is 18.2 Å². The van der Waals surface area contributed by atoms with Crippen molar-refractivity contribution in [3.8, 4) is 5.75 Å². The SMILES string of the molecule is CN(Cc1ccc(OC(F)F)cc1)C(=O)c1cccc(S(=O)(=O)N(C)C)c1. The zero-order valence-corrected chi connectivity index (χ0v) is 15.9. The first-order valence-corrected chi connectivity index (χ1v) is 9.37. The van der Waals surface area contributed by atoms with Crippen molar-refractivity contribution in [2.75, 3.05) is 21.1 Å². The van der Waals surface area contributed by atoms with Crippen LogP contribution in [0.5, 0.6) is 5.75 Å². The molecule has 6 nitrogen and oxygen atoms in total. The standard InChI is InChI=1S/C18H20F2N2O4S/c1-21(2)27(24,25)16-6-4-5-14(11-16)17(23)22(3)12-13-7-9-15(10-8-13)26-18(19)20/h4-11,18H,12H2,1-3H3. The minimum absolute atomic E-state index is 0.0280. The number of nitrogens with zero attached hydrogens (tertiary/aromatic N) is 2. The molecule has 0 unspecified atom stereocenters. The van der Waals surface area contributed by atoms with Crippen molar-refractivity contribution in [3.63, 3.8) is 0 Å². The van der Waals surface area contributed by atoms with Gasteiger partial charge in [0, 0.05) is 33.3 Å². The first-order chi connectivity index (χ1) is 12.6. The van der Waals surface area contributed by atoms with Crippen LogP contribution in [-0.4, -0.2) is 51.3 Å². The smallest absolute Gasteiger partial charge is 0.387 e. The van der Waals surface area contributed by atoms with Gasteiger partial charge in [0.15, 0.2) is 0 Å². The number of halogens is 2. The maximum Gasteiger partial charge on any atom is 0.387 e. The van der Waals surface area contributed by atoms with E-state index < -0.39 is 16.6 Å². The molecule has 0 atom stereocenters. The summed E-state index contributed by atoms with van der Waals surface area (Å²) in [6.45, 7) is -2.68. The number of sulfonamides is 1. The van der Waals surface area contributed by atoms with Gasteiger partial charge in [-0.2, -0.15) is 8.78 Å². The number of hydrogen-bond donors (Lipinski definition) is 0. The van der Waals surface area contributed by atoms with Gasteiger partial charge in [0.05, 0.1) is 4.90 Å². The van der Waals surface area contributed by atoms with Gasteiger partial charge in [0.25, 0.3) is 5.91 Å². The van der Waals surface area contributed by atoms with Crippen LogP contribution in [0.4, 0.5) is 8.78 Å². The number of benzene rings is 2. The lowest BCUT2D eigenvalue weighted by atomic mass is 10.1. The molecule has 9 heteroatoms. The molecule has 0 bridgehead atoms.